The summed E-state index contributed by atoms with van der Waals surface area (Å²) in [7, 11) is -4.55. The lowest BCUT2D eigenvalue weighted by atomic mass is 10.1. The first-order valence-electron chi connectivity index (χ1n) is 13.3. The van der Waals surface area contributed by atoms with E-state index in [-0.39, 0.29) is 12.7 Å². The lowest BCUT2D eigenvalue weighted by Crippen LogP contribution is -2.25. The van der Waals surface area contributed by atoms with E-state index in [9.17, 15) is 9.36 Å². The summed E-state index contributed by atoms with van der Waals surface area (Å²) >= 11 is 2.02. The molecule has 0 aromatic carbocycles. The minimum absolute atomic E-state index is 0.0972. The normalized spacial score (nSPS) is 15.3. The van der Waals surface area contributed by atoms with Crippen molar-refractivity contribution < 1.29 is 28.6 Å². The van der Waals surface area contributed by atoms with Gasteiger partial charge in [-0.25, -0.2) is 9.36 Å². The molecule has 3 unspecified atom stereocenters. The van der Waals surface area contributed by atoms with Crippen LogP contribution in [-0.2, 0) is 13.8 Å². The molecule has 0 fully saturated rings. The molecule has 198 valence electrons. The van der Waals surface area contributed by atoms with Crippen molar-refractivity contribution in [2.75, 3.05) is 19.0 Å². The van der Waals surface area contributed by atoms with Gasteiger partial charge < -0.3 is 19.3 Å². The fraction of sp³-hybridized carbons (Fsp3) is 0.960. The Kier molecular flexibility index (Phi) is 22.4. The molecular weight excluding hydrogens is 459 g/mol. The fourth-order valence-corrected chi connectivity index (χ4v) is 5.57. The maximum atomic E-state index is 11.3. The average molecular weight is 511 g/mol. The number of ether oxygens (including phenoxy) is 1. The summed E-state index contributed by atoms with van der Waals surface area (Å²) in [5.41, 5.74) is -1.81. The van der Waals surface area contributed by atoms with E-state index >= 15 is 0 Å². The van der Waals surface area contributed by atoms with Crippen LogP contribution < -0.4 is 0 Å². The highest BCUT2D eigenvalue weighted by molar-refractivity contribution is 7.99. The summed E-state index contributed by atoms with van der Waals surface area (Å²) in [6.07, 6.45) is 20.1. The van der Waals surface area contributed by atoms with Gasteiger partial charge in [-0.2, -0.15) is 11.8 Å². The molecule has 33 heavy (non-hydrogen) atoms. The van der Waals surface area contributed by atoms with E-state index in [2.05, 4.69) is 25.3 Å². The lowest BCUT2D eigenvalue weighted by molar-refractivity contribution is 0.0537. The zero-order chi connectivity index (χ0) is 24.8. The molecule has 0 aromatic heterocycles. The maximum Gasteiger partial charge on any atom is 0.435 e. The summed E-state index contributed by atoms with van der Waals surface area (Å²) in [4.78, 5) is 19.8. The van der Waals surface area contributed by atoms with Crippen LogP contribution in [0.15, 0.2) is 0 Å². The van der Waals surface area contributed by atoms with Gasteiger partial charge in [-0.05, 0) is 31.9 Å². The summed E-state index contributed by atoms with van der Waals surface area (Å²) in [5, 5.41) is 9.07. The average Bonchev–Trinajstić information content (AvgIpc) is 2.78. The van der Waals surface area contributed by atoms with Gasteiger partial charge in [0.05, 0.1) is 12.7 Å². The fourth-order valence-electron chi connectivity index (χ4n) is 3.73. The molecule has 0 heterocycles. The number of unbranched alkanes of at least 4 members (excludes halogenated alkanes) is 12. The second kappa shape index (κ2) is 22.4. The third-order valence-electron chi connectivity index (χ3n) is 5.87. The molecule has 3 atom stereocenters. The number of thioether (sulfide) groups is 1. The van der Waals surface area contributed by atoms with Crippen molar-refractivity contribution in [2.45, 2.75) is 135 Å². The zero-order valence-electron chi connectivity index (χ0n) is 21.5. The van der Waals surface area contributed by atoms with E-state index in [1.165, 1.54) is 95.6 Å². The number of rotatable bonds is 25. The highest BCUT2D eigenvalue weighted by Crippen LogP contribution is 2.42. The second-order valence-electron chi connectivity index (χ2n) is 9.01. The van der Waals surface area contributed by atoms with Crippen LogP contribution >= 0.6 is 19.4 Å². The van der Waals surface area contributed by atoms with Crippen LogP contribution in [-0.4, -0.2) is 46.0 Å². The van der Waals surface area contributed by atoms with Gasteiger partial charge in [0.2, 0.25) is 0 Å². The third kappa shape index (κ3) is 19.9. The second-order valence-corrected chi connectivity index (χ2v) is 12.0. The first-order chi connectivity index (χ1) is 15.8. The third-order valence-corrected chi connectivity index (χ3v) is 8.46. The Balaban J connectivity index is 4.14. The van der Waals surface area contributed by atoms with Gasteiger partial charge in [-0.1, -0.05) is 97.3 Å². The van der Waals surface area contributed by atoms with E-state index in [0.717, 1.165) is 6.42 Å². The molecule has 0 rings (SSSR count). The highest BCUT2D eigenvalue weighted by atomic mass is 32.2. The molecule has 0 aromatic rings. The number of hydrogen-bond donors (Lipinski definition) is 2. The van der Waals surface area contributed by atoms with Gasteiger partial charge in [0, 0.05) is 11.9 Å². The zero-order valence-corrected chi connectivity index (χ0v) is 23.2. The summed E-state index contributed by atoms with van der Waals surface area (Å²) in [6, 6.07) is 0. The van der Waals surface area contributed by atoms with Gasteiger partial charge in [-0.3, -0.25) is 0 Å². The molecule has 0 aliphatic carbocycles. The maximum absolute atomic E-state index is 11.3. The SMILES string of the molecule is CCCCCCCCCCCSC(CCCCCCC)C(C)OCCCOP(=O)(O)C(=O)O. The van der Waals surface area contributed by atoms with E-state index in [0.29, 0.717) is 18.3 Å². The quantitative estimate of drug-likeness (QED) is 0.0937. The predicted octanol–water partition coefficient (Wildman–Crippen LogP) is 8.65. The van der Waals surface area contributed by atoms with E-state index < -0.39 is 13.3 Å². The van der Waals surface area contributed by atoms with Crippen LogP contribution in [0.3, 0.4) is 0 Å². The molecule has 0 saturated carbocycles. The van der Waals surface area contributed by atoms with Crippen LogP contribution in [0.1, 0.15) is 124 Å². The molecule has 0 aliphatic heterocycles. The highest BCUT2D eigenvalue weighted by Gasteiger charge is 2.29. The first-order valence-corrected chi connectivity index (χ1v) is 15.9. The molecule has 6 nitrogen and oxygen atoms in total. The number of hydrogen-bond acceptors (Lipinski definition) is 5. The molecule has 0 radical (unpaired) electrons. The molecule has 0 aliphatic rings. The van der Waals surface area contributed by atoms with Crippen molar-refractivity contribution in [3.05, 3.63) is 0 Å². The van der Waals surface area contributed by atoms with Gasteiger partial charge in [-0.15, -0.1) is 0 Å². The molecule has 0 amide bonds. The number of carboxylic acid groups (broad SMARTS) is 1. The van der Waals surface area contributed by atoms with Crippen molar-refractivity contribution in [1.82, 2.24) is 0 Å². The van der Waals surface area contributed by atoms with Crippen molar-refractivity contribution in [1.29, 1.82) is 0 Å². The van der Waals surface area contributed by atoms with E-state index in [4.69, 9.17) is 14.7 Å². The topological polar surface area (TPSA) is 93.1 Å². The molecule has 0 spiro atoms. The minimum atomic E-state index is -4.55. The monoisotopic (exact) mass is 510 g/mol. The Morgan fingerprint density at radius 2 is 1.33 bits per heavy atom. The molecule has 2 N–H and O–H groups in total. The Bertz CT molecular complexity index is 505. The standard InChI is InChI=1S/C25H51O6PS/c1-4-6-8-10-11-12-13-15-17-22-33-24(19-16-14-9-7-5-2)23(3)30-20-18-21-31-32(28,29)25(26)27/h23-24H,4-22H2,1-3H3,(H,26,27)(H,28,29). The minimum Gasteiger partial charge on any atom is -0.472 e. The smallest absolute Gasteiger partial charge is 0.435 e. The van der Waals surface area contributed by atoms with E-state index in [1.54, 1.807) is 0 Å². The Morgan fingerprint density at radius 3 is 1.88 bits per heavy atom. The largest absolute Gasteiger partial charge is 0.472 e. The molecular formula is C25H51O6PS. The van der Waals surface area contributed by atoms with Crippen LogP contribution in [0.5, 0.6) is 0 Å². The van der Waals surface area contributed by atoms with Gasteiger partial charge in [0.15, 0.2) is 0 Å². The first kappa shape index (κ1) is 32.9. The van der Waals surface area contributed by atoms with Gasteiger partial charge in [0.1, 0.15) is 0 Å². The summed E-state index contributed by atoms with van der Waals surface area (Å²) in [5.74, 6) is 1.17. The van der Waals surface area contributed by atoms with Crippen LogP contribution in [0, 0.1) is 0 Å². The van der Waals surface area contributed by atoms with Crippen molar-refractivity contribution in [3.63, 3.8) is 0 Å². The summed E-state index contributed by atoms with van der Waals surface area (Å²) in [6.45, 7) is 6.89. The van der Waals surface area contributed by atoms with Crippen LogP contribution in [0.2, 0.25) is 0 Å². The lowest BCUT2D eigenvalue weighted by Gasteiger charge is -2.24. The number of carbonyl (C=O) groups is 1. The van der Waals surface area contributed by atoms with Crippen molar-refractivity contribution in [3.8, 4) is 0 Å². The molecule has 0 bridgehead atoms. The predicted molar refractivity (Wildman–Crippen MR) is 141 cm³/mol. The Hall–Kier alpha value is -0.0700. The van der Waals surface area contributed by atoms with Crippen LogP contribution in [0.4, 0.5) is 4.79 Å². The van der Waals surface area contributed by atoms with Crippen molar-refractivity contribution in [2.24, 2.45) is 0 Å². The van der Waals surface area contributed by atoms with Gasteiger partial charge >= 0.3 is 13.3 Å². The Labute approximate surface area is 207 Å². The van der Waals surface area contributed by atoms with Crippen molar-refractivity contribution >= 4 is 25.1 Å². The summed E-state index contributed by atoms with van der Waals surface area (Å²) < 4.78 is 21.9. The van der Waals surface area contributed by atoms with Gasteiger partial charge in [0.25, 0.3) is 0 Å². The Morgan fingerprint density at radius 1 is 0.818 bits per heavy atom. The molecule has 0 saturated heterocycles. The van der Waals surface area contributed by atoms with Crippen LogP contribution in [0.25, 0.3) is 0 Å². The van der Waals surface area contributed by atoms with E-state index in [1.807, 2.05) is 11.8 Å². The molecule has 8 heteroatoms.